The van der Waals surface area contributed by atoms with Crippen molar-refractivity contribution in [3.8, 4) is 0 Å². The van der Waals surface area contributed by atoms with Crippen LogP contribution in [0.2, 0.25) is 0 Å². The van der Waals surface area contributed by atoms with Crippen LogP contribution < -0.4 is 0 Å². The number of carbonyl (C=O) groups excluding carboxylic acids is 3. The molecule has 8 heteroatoms. The van der Waals surface area contributed by atoms with Crippen LogP contribution in [0.4, 0.5) is 0 Å². The number of ether oxygens (including phenoxy) is 1. The van der Waals surface area contributed by atoms with Crippen molar-refractivity contribution in [3.63, 3.8) is 0 Å². The van der Waals surface area contributed by atoms with Gasteiger partial charge in [-0.25, -0.2) is 4.79 Å². The molecule has 2 aromatic heterocycles. The number of H-pyrrole nitrogens is 2. The van der Waals surface area contributed by atoms with Gasteiger partial charge in [0.1, 0.15) is 6.04 Å². The number of nitrogens with one attached hydrogen (secondary N) is 2. The van der Waals surface area contributed by atoms with E-state index >= 15 is 0 Å². The minimum atomic E-state index is -0.986. The van der Waals surface area contributed by atoms with Crippen molar-refractivity contribution in [3.05, 3.63) is 105 Å². The van der Waals surface area contributed by atoms with E-state index in [1.165, 1.54) is 12.0 Å². The van der Waals surface area contributed by atoms with E-state index in [0.717, 1.165) is 43.3 Å². The highest BCUT2D eigenvalue weighted by Gasteiger charge is 2.46. The van der Waals surface area contributed by atoms with Crippen molar-refractivity contribution >= 4 is 55.4 Å². The summed E-state index contributed by atoms with van der Waals surface area (Å²) in [5.41, 5.74) is 5.58. The van der Waals surface area contributed by atoms with E-state index in [-0.39, 0.29) is 12.0 Å². The Bertz CT molecular complexity index is 1780. The van der Waals surface area contributed by atoms with Gasteiger partial charge in [-0.3, -0.25) is 9.59 Å². The summed E-state index contributed by atoms with van der Waals surface area (Å²) in [5.74, 6) is -1.70. The van der Waals surface area contributed by atoms with Gasteiger partial charge in [0, 0.05) is 44.6 Å². The smallest absolute Gasteiger partial charge is 0.328 e. The van der Waals surface area contributed by atoms with Gasteiger partial charge in [0.2, 0.25) is 0 Å². The number of nitrogens with zero attached hydrogens (tertiary/aromatic N) is 1. The molecule has 0 aliphatic carbocycles. The second-order valence-corrected chi connectivity index (χ2v) is 11.4. The SMILES string of the molecule is COC(=O)[C@H]1Cc2c([nH]c3ccccc23)[C@@H](c2ccc(C(C)C)cc2)N1C(=O)C(=O)c1c[nH]c2ccc(Br)cc12. The zero-order valence-corrected chi connectivity index (χ0v) is 23.9. The Morgan fingerprint density at radius 1 is 0.975 bits per heavy atom. The predicted octanol–water partition coefficient (Wildman–Crippen LogP) is 6.43. The molecule has 5 aromatic rings. The number of methoxy groups -OCH3 is 1. The highest BCUT2D eigenvalue weighted by Crippen LogP contribution is 2.42. The van der Waals surface area contributed by atoms with E-state index in [0.29, 0.717) is 11.3 Å². The third-order valence-corrected chi connectivity index (χ3v) is 8.33. The molecule has 3 aromatic carbocycles. The van der Waals surface area contributed by atoms with Gasteiger partial charge >= 0.3 is 5.97 Å². The number of aromatic nitrogens is 2. The molecular weight excluding hydrogens is 570 g/mol. The number of fused-ring (bicyclic) bond motifs is 4. The molecule has 202 valence electrons. The summed E-state index contributed by atoms with van der Waals surface area (Å²) in [6, 6.07) is 19.7. The molecule has 2 N–H and O–H groups in total. The van der Waals surface area contributed by atoms with Gasteiger partial charge in [-0.2, -0.15) is 0 Å². The fourth-order valence-electron chi connectivity index (χ4n) is 5.78. The van der Waals surface area contributed by atoms with Crippen LogP contribution in [0.5, 0.6) is 0 Å². The Morgan fingerprint density at radius 3 is 2.45 bits per heavy atom. The van der Waals surface area contributed by atoms with Crippen molar-refractivity contribution in [2.45, 2.75) is 38.3 Å². The first-order valence-electron chi connectivity index (χ1n) is 13.2. The molecule has 2 atom stereocenters. The third-order valence-electron chi connectivity index (χ3n) is 7.84. The normalized spacial score (nSPS) is 16.9. The molecule has 0 spiro atoms. The quantitative estimate of drug-likeness (QED) is 0.138. The molecule has 40 heavy (non-hydrogen) atoms. The maximum atomic E-state index is 14.3. The van der Waals surface area contributed by atoms with Crippen LogP contribution in [0.1, 0.15) is 58.5 Å². The fourth-order valence-corrected chi connectivity index (χ4v) is 6.14. The summed E-state index contributed by atoms with van der Waals surface area (Å²) < 4.78 is 5.99. The van der Waals surface area contributed by atoms with Gasteiger partial charge in [-0.05, 0) is 46.9 Å². The molecule has 0 radical (unpaired) electrons. The minimum Gasteiger partial charge on any atom is -0.467 e. The van der Waals surface area contributed by atoms with Gasteiger partial charge in [0.05, 0.1) is 18.7 Å². The maximum absolute atomic E-state index is 14.3. The number of carbonyl (C=O) groups is 3. The summed E-state index contributed by atoms with van der Waals surface area (Å²) in [5, 5.41) is 1.61. The Hall–Kier alpha value is -4.17. The summed E-state index contributed by atoms with van der Waals surface area (Å²) in [6.45, 7) is 4.24. The zero-order chi connectivity index (χ0) is 28.1. The number of para-hydroxylation sites is 1. The number of rotatable bonds is 5. The standard InChI is InChI=1S/C32H28BrN3O4/c1-17(2)18-8-10-19(11-9-18)29-28-23(21-6-4-5-7-26(21)35-28)15-27(32(39)40-3)36(29)31(38)30(37)24-16-34-25-13-12-20(33)14-22(24)25/h4-14,16-17,27,29,34-35H,15H2,1-3H3/t27-,29-/m1/s1. The highest BCUT2D eigenvalue weighted by atomic mass is 79.9. The molecule has 0 saturated carbocycles. The van der Waals surface area contributed by atoms with Gasteiger partial charge < -0.3 is 19.6 Å². The summed E-state index contributed by atoms with van der Waals surface area (Å²) >= 11 is 3.46. The lowest BCUT2D eigenvalue weighted by Crippen LogP contribution is -2.53. The van der Waals surface area contributed by atoms with Crippen molar-refractivity contribution in [2.24, 2.45) is 0 Å². The number of hydrogen-bond acceptors (Lipinski definition) is 4. The van der Waals surface area contributed by atoms with Gasteiger partial charge in [0.15, 0.2) is 0 Å². The highest BCUT2D eigenvalue weighted by molar-refractivity contribution is 9.10. The number of esters is 1. The number of amides is 1. The van der Waals surface area contributed by atoms with Crippen molar-refractivity contribution < 1.29 is 19.1 Å². The number of aromatic amines is 2. The monoisotopic (exact) mass is 597 g/mol. The molecule has 3 heterocycles. The molecule has 7 nitrogen and oxygen atoms in total. The van der Waals surface area contributed by atoms with Crippen LogP contribution in [-0.4, -0.2) is 45.7 Å². The predicted molar refractivity (Wildman–Crippen MR) is 157 cm³/mol. The van der Waals surface area contributed by atoms with Gasteiger partial charge in [0.25, 0.3) is 11.7 Å². The third kappa shape index (κ3) is 4.23. The minimum absolute atomic E-state index is 0.227. The average molecular weight is 598 g/mol. The Labute approximate surface area is 239 Å². The van der Waals surface area contributed by atoms with Crippen molar-refractivity contribution in [1.82, 2.24) is 14.9 Å². The molecule has 6 rings (SSSR count). The van der Waals surface area contributed by atoms with E-state index < -0.39 is 29.7 Å². The van der Waals surface area contributed by atoms with E-state index in [4.69, 9.17) is 4.74 Å². The Balaban J connectivity index is 1.54. The van der Waals surface area contributed by atoms with Gasteiger partial charge in [-0.15, -0.1) is 0 Å². The first-order valence-corrected chi connectivity index (χ1v) is 14.0. The van der Waals surface area contributed by atoms with Crippen molar-refractivity contribution in [2.75, 3.05) is 7.11 Å². The van der Waals surface area contributed by atoms with Crippen LogP contribution in [-0.2, 0) is 20.7 Å². The molecule has 1 aliphatic rings. The Morgan fingerprint density at radius 2 is 1.73 bits per heavy atom. The lowest BCUT2D eigenvalue weighted by atomic mass is 9.86. The molecule has 0 fully saturated rings. The van der Waals surface area contributed by atoms with E-state index in [9.17, 15) is 14.4 Å². The largest absolute Gasteiger partial charge is 0.467 e. The zero-order valence-electron chi connectivity index (χ0n) is 22.3. The number of benzene rings is 3. The summed E-state index contributed by atoms with van der Waals surface area (Å²) in [7, 11) is 1.31. The second-order valence-electron chi connectivity index (χ2n) is 10.5. The van der Waals surface area contributed by atoms with Crippen LogP contribution in [0.3, 0.4) is 0 Å². The molecule has 0 unspecified atom stereocenters. The molecule has 1 aliphatic heterocycles. The molecule has 0 bridgehead atoms. The summed E-state index contributed by atoms with van der Waals surface area (Å²) in [4.78, 5) is 49.5. The fraction of sp³-hybridized carbons (Fsp3) is 0.219. The topological polar surface area (TPSA) is 95.3 Å². The van der Waals surface area contributed by atoms with Crippen LogP contribution in [0, 0.1) is 0 Å². The number of ketones is 1. The van der Waals surface area contributed by atoms with Crippen molar-refractivity contribution in [1.29, 1.82) is 0 Å². The second kappa shape index (κ2) is 10.1. The first-order chi connectivity index (χ1) is 19.3. The average Bonchev–Trinajstić information content (AvgIpc) is 3.56. The maximum Gasteiger partial charge on any atom is 0.328 e. The van der Waals surface area contributed by atoms with Gasteiger partial charge in [-0.1, -0.05) is 72.2 Å². The molecule has 1 amide bonds. The number of hydrogen-bond donors (Lipinski definition) is 2. The Kier molecular flexibility index (Phi) is 6.58. The van der Waals surface area contributed by atoms with E-state index in [1.54, 1.807) is 12.3 Å². The number of halogens is 1. The van der Waals surface area contributed by atoms with Crippen LogP contribution >= 0.6 is 15.9 Å². The molecular formula is C32H28BrN3O4. The van der Waals surface area contributed by atoms with E-state index in [2.05, 4.69) is 39.7 Å². The van der Waals surface area contributed by atoms with Crippen LogP contribution in [0.15, 0.2) is 77.4 Å². The lowest BCUT2D eigenvalue weighted by molar-refractivity contribution is -0.153. The van der Waals surface area contributed by atoms with Crippen LogP contribution in [0.25, 0.3) is 21.8 Å². The lowest BCUT2D eigenvalue weighted by Gasteiger charge is -2.40. The van der Waals surface area contributed by atoms with E-state index in [1.807, 2.05) is 60.7 Å². The summed E-state index contributed by atoms with van der Waals surface area (Å²) in [6.07, 6.45) is 1.78. The number of Topliss-reactive ketones (excluding diaryl/α,β-unsaturated/α-hetero) is 1. The molecule has 0 saturated heterocycles. The first kappa shape index (κ1) is 26.1.